The standard InChI is InChI=1S/C15H16N4O3/c20-13-8-19(6-5-16-13)15(21)17-10-3-4-12-11(7-10)18-14(22-12)9-1-2-9/h3-4,7,9H,1-2,5-6,8H2,(H,16,20)(H,17,21). The van der Waals surface area contributed by atoms with Gasteiger partial charge in [-0.15, -0.1) is 0 Å². The lowest BCUT2D eigenvalue weighted by Gasteiger charge is -2.26. The molecule has 22 heavy (non-hydrogen) atoms. The van der Waals surface area contributed by atoms with E-state index in [9.17, 15) is 9.59 Å². The molecule has 3 amide bonds. The first kappa shape index (κ1) is 13.1. The van der Waals surface area contributed by atoms with Gasteiger partial charge in [0.05, 0.1) is 0 Å². The van der Waals surface area contributed by atoms with E-state index in [1.807, 2.05) is 6.07 Å². The van der Waals surface area contributed by atoms with Crippen molar-refractivity contribution in [2.75, 3.05) is 25.0 Å². The Morgan fingerprint density at radius 1 is 1.41 bits per heavy atom. The number of carbonyl (C=O) groups is 2. The smallest absolute Gasteiger partial charge is 0.322 e. The number of hydrogen-bond acceptors (Lipinski definition) is 4. The number of amides is 3. The molecule has 2 aromatic rings. The Morgan fingerprint density at radius 3 is 3.05 bits per heavy atom. The van der Waals surface area contributed by atoms with Gasteiger partial charge in [-0.05, 0) is 31.0 Å². The van der Waals surface area contributed by atoms with Crippen LogP contribution in [0.5, 0.6) is 0 Å². The molecule has 2 aliphatic rings. The summed E-state index contributed by atoms with van der Waals surface area (Å²) in [7, 11) is 0. The summed E-state index contributed by atoms with van der Waals surface area (Å²) in [5.74, 6) is 1.10. The number of oxazole rings is 1. The van der Waals surface area contributed by atoms with Gasteiger partial charge >= 0.3 is 6.03 Å². The topological polar surface area (TPSA) is 87.5 Å². The van der Waals surface area contributed by atoms with Crippen LogP contribution in [-0.4, -0.2) is 41.5 Å². The van der Waals surface area contributed by atoms with Crippen molar-refractivity contribution in [3.05, 3.63) is 24.1 Å². The van der Waals surface area contributed by atoms with Crippen molar-refractivity contribution in [1.29, 1.82) is 0 Å². The number of anilines is 1. The van der Waals surface area contributed by atoms with E-state index < -0.39 is 0 Å². The molecule has 7 nitrogen and oxygen atoms in total. The first-order chi connectivity index (χ1) is 10.7. The Kier molecular flexibility index (Phi) is 2.99. The molecule has 114 valence electrons. The molecule has 1 aliphatic carbocycles. The number of nitrogens with zero attached hydrogens (tertiary/aromatic N) is 2. The molecule has 2 heterocycles. The van der Waals surface area contributed by atoms with Crippen molar-refractivity contribution in [2.45, 2.75) is 18.8 Å². The molecule has 1 aromatic heterocycles. The van der Waals surface area contributed by atoms with E-state index in [0.717, 1.165) is 29.8 Å². The van der Waals surface area contributed by atoms with Crippen LogP contribution in [0.2, 0.25) is 0 Å². The van der Waals surface area contributed by atoms with Crippen LogP contribution in [-0.2, 0) is 4.79 Å². The van der Waals surface area contributed by atoms with Gasteiger partial charge in [-0.25, -0.2) is 9.78 Å². The third-order valence-corrected chi connectivity index (χ3v) is 3.91. The number of rotatable bonds is 2. The van der Waals surface area contributed by atoms with Crippen molar-refractivity contribution in [2.24, 2.45) is 0 Å². The summed E-state index contributed by atoms with van der Waals surface area (Å²) in [5, 5.41) is 5.49. The van der Waals surface area contributed by atoms with E-state index in [-0.39, 0.29) is 18.5 Å². The Labute approximate surface area is 126 Å². The zero-order valence-corrected chi connectivity index (χ0v) is 12.0. The van der Waals surface area contributed by atoms with Gasteiger partial charge in [0.2, 0.25) is 5.91 Å². The summed E-state index contributed by atoms with van der Waals surface area (Å²) < 4.78 is 5.70. The van der Waals surface area contributed by atoms with E-state index in [0.29, 0.717) is 24.7 Å². The summed E-state index contributed by atoms with van der Waals surface area (Å²) in [6.45, 7) is 1.08. The van der Waals surface area contributed by atoms with Crippen LogP contribution in [0.1, 0.15) is 24.7 Å². The molecular formula is C15H16N4O3. The molecule has 0 spiro atoms. The Morgan fingerprint density at radius 2 is 2.27 bits per heavy atom. The average molecular weight is 300 g/mol. The minimum Gasteiger partial charge on any atom is -0.440 e. The SMILES string of the molecule is O=C1CN(C(=O)Nc2ccc3oc(C4CC4)nc3c2)CCN1. The summed E-state index contributed by atoms with van der Waals surface area (Å²) >= 11 is 0. The number of hydrogen-bond donors (Lipinski definition) is 2. The first-order valence-electron chi connectivity index (χ1n) is 7.42. The van der Waals surface area contributed by atoms with Gasteiger partial charge < -0.3 is 20.0 Å². The normalized spacial score (nSPS) is 18.4. The second kappa shape index (κ2) is 5.01. The largest absolute Gasteiger partial charge is 0.440 e. The number of piperazine rings is 1. The molecule has 7 heteroatoms. The summed E-state index contributed by atoms with van der Waals surface area (Å²) in [4.78, 5) is 29.4. The summed E-state index contributed by atoms with van der Waals surface area (Å²) in [5.41, 5.74) is 2.13. The van der Waals surface area contributed by atoms with E-state index in [2.05, 4.69) is 15.6 Å². The molecule has 0 atom stereocenters. The van der Waals surface area contributed by atoms with Gasteiger partial charge in [0.15, 0.2) is 11.5 Å². The van der Waals surface area contributed by atoms with Crippen molar-refractivity contribution in [3.63, 3.8) is 0 Å². The Balaban J connectivity index is 1.50. The monoisotopic (exact) mass is 300 g/mol. The average Bonchev–Trinajstić information content (AvgIpc) is 3.27. The number of carbonyl (C=O) groups excluding carboxylic acids is 2. The lowest BCUT2D eigenvalue weighted by atomic mass is 10.3. The van der Waals surface area contributed by atoms with Gasteiger partial charge in [-0.3, -0.25) is 4.79 Å². The summed E-state index contributed by atoms with van der Waals surface area (Å²) in [6, 6.07) is 5.12. The van der Waals surface area contributed by atoms with Crippen LogP contribution in [0.15, 0.2) is 22.6 Å². The van der Waals surface area contributed by atoms with Crippen molar-refractivity contribution >= 4 is 28.7 Å². The van der Waals surface area contributed by atoms with Crippen molar-refractivity contribution < 1.29 is 14.0 Å². The maximum atomic E-state index is 12.2. The minimum absolute atomic E-state index is 0.0872. The van der Waals surface area contributed by atoms with Crippen LogP contribution in [0.4, 0.5) is 10.5 Å². The summed E-state index contributed by atoms with van der Waals surface area (Å²) in [6.07, 6.45) is 2.26. The maximum absolute atomic E-state index is 12.2. The molecule has 0 bridgehead atoms. The van der Waals surface area contributed by atoms with Crippen LogP contribution in [0.3, 0.4) is 0 Å². The molecular weight excluding hydrogens is 284 g/mol. The van der Waals surface area contributed by atoms with E-state index in [1.165, 1.54) is 4.90 Å². The predicted octanol–water partition coefficient (Wildman–Crippen LogP) is 1.67. The number of nitrogens with one attached hydrogen (secondary N) is 2. The highest BCUT2D eigenvalue weighted by Gasteiger charge is 2.29. The van der Waals surface area contributed by atoms with Crippen LogP contribution in [0.25, 0.3) is 11.1 Å². The molecule has 4 rings (SSSR count). The molecule has 0 radical (unpaired) electrons. The van der Waals surface area contributed by atoms with Crippen LogP contribution >= 0.6 is 0 Å². The maximum Gasteiger partial charge on any atom is 0.322 e. The first-order valence-corrected chi connectivity index (χ1v) is 7.42. The van der Waals surface area contributed by atoms with E-state index in [4.69, 9.17) is 4.42 Å². The molecule has 1 saturated carbocycles. The van der Waals surface area contributed by atoms with Gasteiger partial charge in [-0.2, -0.15) is 0 Å². The molecule has 2 N–H and O–H groups in total. The van der Waals surface area contributed by atoms with Crippen molar-refractivity contribution in [1.82, 2.24) is 15.2 Å². The molecule has 1 aliphatic heterocycles. The lowest BCUT2D eigenvalue weighted by molar-refractivity contribution is -0.123. The lowest BCUT2D eigenvalue weighted by Crippen LogP contribution is -2.51. The van der Waals surface area contributed by atoms with E-state index >= 15 is 0 Å². The van der Waals surface area contributed by atoms with Crippen LogP contribution in [0, 0.1) is 0 Å². The third-order valence-electron chi connectivity index (χ3n) is 3.91. The number of aromatic nitrogens is 1. The Hall–Kier alpha value is -2.57. The third kappa shape index (κ3) is 2.49. The molecule has 2 fully saturated rings. The fourth-order valence-electron chi connectivity index (χ4n) is 2.54. The number of fused-ring (bicyclic) bond motifs is 1. The Bertz CT molecular complexity index is 750. The number of benzene rings is 1. The minimum atomic E-state index is -0.278. The van der Waals surface area contributed by atoms with Crippen molar-refractivity contribution in [3.8, 4) is 0 Å². The zero-order chi connectivity index (χ0) is 15.1. The second-order valence-electron chi connectivity index (χ2n) is 5.71. The second-order valence-corrected chi connectivity index (χ2v) is 5.71. The van der Waals surface area contributed by atoms with E-state index in [1.54, 1.807) is 12.1 Å². The van der Waals surface area contributed by atoms with Gasteiger partial charge in [0.25, 0.3) is 0 Å². The molecule has 1 aromatic carbocycles. The highest BCUT2D eigenvalue weighted by molar-refractivity contribution is 5.94. The van der Waals surface area contributed by atoms with Gasteiger partial charge in [0, 0.05) is 24.7 Å². The number of urea groups is 1. The quantitative estimate of drug-likeness (QED) is 0.883. The molecule has 1 saturated heterocycles. The molecule has 0 unspecified atom stereocenters. The van der Waals surface area contributed by atoms with Gasteiger partial charge in [0.1, 0.15) is 12.1 Å². The van der Waals surface area contributed by atoms with Crippen LogP contribution < -0.4 is 10.6 Å². The predicted molar refractivity (Wildman–Crippen MR) is 79.6 cm³/mol. The zero-order valence-electron chi connectivity index (χ0n) is 12.0. The highest BCUT2D eigenvalue weighted by atomic mass is 16.3. The highest BCUT2D eigenvalue weighted by Crippen LogP contribution is 2.40. The van der Waals surface area contributed by atoms with Gasteiger partial charge in [-0.1, -0.05) is 0 Å². The fraction of sp³-hybridized carbons (Fsp3) is 0.400. The fourth-order valence-corrected chi connectivity index (χ4v) is 2.54.